The second kappa shape index (κ2) is 5.23. The fraction of sp³-hybridized carbons (Fsp3) is 0.538. The fourth-order valence-corrected chi connectivity index (χ4v) is 3.73. The molecule has 0 amide bonds. The van der Waals surface area contributed by atoms with Gasteiger partial charge in [-0.3, -0.25) is 0 Å². The minimum absolute atomic E-state index is 0.190. The average Bonchev–Trinajstić information content (AvgIpc) is 2.91. The maximum absolute atomic E-state index is 9.84. The third kappa shape index (κ3) is 2.68. The predicted molar refractivity (Wildman–Crippen MR) is 79.0 cm³/mol. The molecule has 2 N–H and O–H groups in total. The molecule has 2 unspecified atom stereocenters. The van der Waals surface area contributed by atoms with Gasteiger partial charge in [-0.2, -0.15) is 0 Å². The van der Waals surface area contributed by atoms with Gasteiger partial charge in [-0.15, -0.1) is 11.3 Å². The molecule has 2 aromatic heterocycles. The van der Waals surface area contributed by atoms with Crippen molar-refractivity contribution in [3.8, 4) is 0 Å². The number of hydrogen-bond donors (Lipinski definition) is 2. The third-order valence-corrected chi connectivity index (χ3v) is 4.75. The molecule has 1 aliphatic rings. The lowest BCUT2D eigenvalue weighted by molar-refractivity contribution is 0.138. The Hall–Kier alpha value is -0.910. The van der Waals surface area contributed by atoms with E-state index >= 15 is 0 Å². The van der Waals surface area contributed by atoms with E-state index in [1.54, 1.807) is 11.3 Å². The molecule has 0 spiro atoms. The number of aliphatic hydroxyl groups excluding tert-OH is 1. The predicted octanol–water partition coefficient (Wildman–Crippen LogP) is 3.23. The Bertz CT molecular complexity index is 601. The number of thiophene rings is 1. The molecule has 1 fully saturated rings. The van der Waals surface area contributed by atoms with Crippen molar-refractivity contribution >= 4 is 39.0 Å². The SMILES string of the molecule is Cc1cc2c(NCC3CCCC3O)nc(Cl)nc2s1. The van der Waals surface area contributed by atoms with E-state index in [9.17, 15) is 5.11 Å². The highest BCUT2D eigenvalue weighted by Gasteiger charge is 2.25. The standard InChI is InChI=1S/C13H16ClN3OS/c1-7-5-9-11(16-13(14)17-12(9)19-7)15-6-8-3-2-4-10(8)18/h5,8,10,18H,2-4,6H2,1H3,(H,15,16,17). The quantitative estimate of drug-likeness (QED) is 0.854. The zero-order chi connectivity index (χ0) is 13.4. The van der Waals surface area contributed by atoms with Crippen LogP contribution in [0.5, 0.6) is 0 Å². The molecule has 2 atom stereocenters. The van der Waals surface area contributed by atoms with Crippen LogP contribution >= 0.6 is 22.9 Å². The lowest BCUT2D eigenvalue weighted by atomic mass is 10.1. The molecule has 2 aromatic rings. The van der Waals surface area contributed by atoms with Gasteiger partial charge in [0.15, 0.2) is 0 Å². The average molecular weight is 298 g/mol. The lowest BCUT2D eigenvalue weighted by Gasteiger charge is -2.15. The van der Waals surface area contributed by atoms with Crippen molar-refractivity contribution in [3.05, 3.63) is 16.2 Å². The van der Waals surface area contributed by atoms with Crippen LogP contribution in [0.1, 0.15) is 24.1 Å². The molecular weight excluding hydrogens is 282 g/mol. The van der Waals surface area contributed by atoms with Crippen LogP contribution in [-0.2, 0) is 0 Å². The number of aromatic nitrogens is 2. The van der Waals surface area contributed by atoms with Crippen LogP contribution in [0.2, 0.25) is 5.28 Å². The normalized spacial score (nSPS) is 23.1. The number of halogens is 1. The van der Waals surface area contributed by atoms with Gasteiger partial charge in [-0.25, -0.2) is 9.97 Å². The van der Waals surface area contributed by atoms with E-state index < -0.39 is 0 Å². The number of aryl methyl sites for hydroxylation is 1. The first-order chi connectivity index (χ1) is 9.13. The van der Waals surface area contributed by atoms with Crippen LogP contribution < -0.4 is 5.32 Å². The Morgan fingerprint density at radius 3 is 3.05 bits per heavy atom. The number of aliphatic hydroxyl groups is 1. The van der Waals surface area contributed by atoms with Crippen molar-refractivity contribution < 1.29 is 5.11 Å². The van der Waals surface area contributed by atoms with Gasteiger partial charge >= 0.3 is 0 Å². The maximum Gasteiger partial charge on any atom is 0.225 e. The first-order valence-corrected chi connectivity index (χ1v) is 7.68. The number of hydrogen-bond acceptors (Lipinski definition) is 5. The van der Waals surface area contributed by atoms with Crippen LogP contribution in [-0.4, -0.2) is 27.7 Å². The second-order valence-electron chi connectivity index (χ2n) is 5.06. The fourth-order valence-electron chi connectivity index (χ4n) is 2.63. The number of nitrogens with zero attached hydrogens (tertiary/aromatic N) is 2. The second-order valence-corrected chi connectivity index (χ2v) is 6.63. The Labute approximate surface area is 120 Å². The van der Waals surface area contributed by atoms with Gasteiger partial charge in [0.05, 0.1) is 11.5 Å². The van der Waals surface area contributed by atoms with Crippen LogP contribution in [0.15, 0.2) is 6.07 Å². The van der Waals surface area contributed by atoms with Crippen molar-refractivity contribution in [1.29, 1.82) is 0 Å². The molecule has 6 heteroatoms. The smallest absolute Gasteiger partial charge is 0.225 e. The van der Waals surface area contributed by atoms with Crippen LogP contribution in [0.4, 0.5) is 5.82 Å². The summed E-state index contributed by atoms with van der Waals surface area (Å²) in [5, 5.41) is 14.4. The van der Waals surface area contributed by atoms with E-state index in [4.69, 9.17) is 11.6 Å². The molecule has 1 aliphatic carbocycles. The van der Waals surface area contributed by atoms with Crippen LogP contribution in [0.25, 0.3) is 10.2 Å². The topological polar surface area (TPSA) is 58.0 Å². The minimum Gasteiger partial charge on any atom is -0.393 e. The summed E-state index contributed by atoms with van der Waals surface area (Å²) in [6, 6.07) is 2.07. The molecule has 102 valence electrons. The van der Waals surface area contributed by atoms with Crippen LogP contribution in [0.3, 0.4) is 0 Å². The minimum atomic E-state index is -0.190. The summed E-state index contributed by atoms with van der Waals surface area (Å²) in [7, 11) is 0. The van der Waals surface area contributed by atoms with E-state index in [-0.39, 0.29) is 11.4 Å². The summed E-state index contributed by atoms with van der Waals surface area (Å²) in [5.74, 6) is 1.09. The molecule has 2 heterocycles. The van der Waals surface area contributed by atoms with Gasteiger partial charge in [0, 0.05) is 17.3 Å². The first-order valence-electron chi connectivity index (χ1n) is 6.49. The Morgan fingerprint density at radius 2 is 2.32 bits per heavy atom. The molecule has 0 aliphatic heterocycles. The zero-order valence-electron chi connectivity index (χ0n) is 10.7. The van der Waals surface area contributed by atoms with E-state index in [1.807, 2.05) is 6.92 Å². The van der Waals surface area contributed by atoms with E-state index in [1.165, 1.54) is 4.88 Å². The Balaban J connectivity index is 1.83. The van der Waals surface area contributed by atoms with Crippen molar-refractivity contribution in [1.82, 2.24) is 9.97 Å². The molecular formula is C13H16ClN3OS. The van der Waals surface area contributed by atoms with Crippen molar-refractivity contribution in [2.45, 2.75) is 32.3 Å². The summed E-state index contributed by atoms with van der Waals surface area (Å²) in [5.41, 5.74) is 0. The third-order valence-electron chi connectivity index (χ3n) is 3.64. The maximum atomic E-state index is 9.84. The van der Waals surface area contributed by atoms with E-state index in [0.29, 0.717) is 5.92 Å². The number of rotatable bonds is 3. The zero-order valence-corrected chi connectivity index (χ0v) is 12.3. The van der Waals surface area contributed by atoms with Gasteiger partial charge in [-0.05, 0) is 37.4 Å². The van der Waals surface area contributed by atoms with Crippen LogP contribution in [0, 0.1) is 12.8 Å². The van der Waals surface area contributed by atoms with Crippen molar-refractivity contribution in [2.75, 3.05) is 11.9 Å². The summed E-state index contributed by atoms with van der Waals surface area (Å²) >= 11 is 7.57. The molecule has 0 saturated heterocycles. The monoisotopic (exact) mass is 297 g/mol. The van der Waals surface area contributed by atoms with Gasteiger partial charge in [-0.1, -0.05) is 6.42 Å². The Kier molecular flexibility index (Phi) is 3.60. The Morgan fingerprint density at radius 1 is 1.47 bits per heavy atom. The lowest BCUT2D eigenvalue weighted by Crippen LogP contribution is -2.22. The number of fused-ring (bicyclic) bond motifs is 1. The van der Waals surface area contributed by atoms with Gasteiger partial charge in [0.25, 0.3) is 0 Å². The molecule has 0 aromatic carbocycles. The van der Waals surface area contributed by atoms with Crippen molar-refractivity contribution in [3.63, 3.8) is 0 Å². The molecule has 4 nitrogen and oxygen atoms in total. The van der Waals surface area contributed by atoms with Crippen molar-refractivity contribution in [2.24, 2.45) is 5.92 Å². The van der Waals surface area contributed by atoms with Gasteiger partial charge in [0.1, 0.15) is 10.6 Å². The molecule has 3 rings (SSSR count). The van der Waals surface area contributed by atoms with E-state index in [2.05, 4.69) is 21.4 Å². The first kappa shape index (κ1) is 13.1. The summed E-state index contributed by atoms with van der Waals surface area (Å²) in [6.45, 7) is 2.78. The highest BCUT2D eigenvalue weighted by Crippen LogP contribution is 2.31. The van der Waals surface area contributed by atoms with Gasteiger partial charge in [0.2, 0.25) is 5.28 Å². The molecule has 19 heavy (non-hydrogen) atoms. The summed E-state index contributed by atoms with van der Waals surface area (Å²) < 4.78 is 0. The summed E-state index contributed by atoms with van der Waals surface area (Å²) in [4.78, 5) is 10.6. The highest BCUT2D eigenvalue weighted by atomic mass is 35.5. The number of nitrogens with one attached hydrogen (secondary N) is 1. The molecule has 0 radical (unpaired) electrons. The van der Waals surface area contributed by atoms with E-state index in [0.717, 1.165) is 41.8 Å². The summed E-state index contributed by atoms with van der Waals surface area (Å²) in [6.07, 6.45) is 2.89. The van der Waals surface area contributed by atoms with Gasteiger partial charge < -0.3 is 10.4 Å². The molecule has 0 bridgehead atoms. The highest BCUT2D eigenvalue weighted by molar-refractivity contribution is 7.18. The molecule has 1 saturated carbocycles. The number of anilines is 1. The largest absolute Gasteiger partial charge is 0.393 e.